The predicted molar refractivity (Wildman–Crippen MR) is 64.3 cm³/mol. The molecule has 0 saturated carbocycles. The molecule has 0 aliphatic heterocycles. The molecule has 0 aliphatic rings. The molecule has 2 N–H and O–H groups in total. The summed E-state index contributed by atoms with van der Waals surface area (Å²) < 4.78 is 16.4. The number of imidazole rings is 1. The highest BCUT2D eigenvalue weighted by Crippen LogP contribution is 2.12. The Kier molecular flexibility index (Phi) is 2.99. The molecule has 0 aliphatic carbocycles. The predicted octanol–water partition coefficient (Wildman–Crippen LogP) is 1.44. The minimum atomic E-state index is -0.453. The Bertz CT molecular complexity index is 586. The van der Waals surface area contributed by atoms with Gasteiger partial charge in [-0.05, 0) is 24.6 Å². The molecule has 5 heteroatoms. The highest BCUT2D eigenvalue weighted by atomic mass is 19.1. The molecular formula is C12H14FN3O. The quantitative estimate of drug-likeness (QED) is 0.818. The van der Waals surface area contributed by atoms with Crippen LogP contribution in [0.5, 0.6) is 0 Å². The minimum Gasteiger partial charge on any atom is -0.396 e. The molecule has 1 aromatic heterocycles. The van der Waals surface area contributed by atoms with Gasteiger partial charge in [0.2, 0.25) is 0 Å². The van der Waals surface area contributed by atoms with Crippen LogP contribution in [0.1, 0.15) is 12.5 Å². The van der Waals surface area contributed by atoms with Crippen LogP contribution in [0, 0.1) is 5.82 Å². The van der Waals surface area contributed by atoms with E-state index in [4.69, 9.17) is 5.73 Å². The second-order valence-corrected chi connectivity index (χ2v) is 3.85. The van der Waals surface area contributed by atoms with E-state index in [1.807, 2.05) is 6.92 Å². The van der Waals surface area contributed by atoms with Crippen LogP contribution in [-0.4, -0.2) is 9.13 Å². The molecule has 0 radical (unpaired) electrons. The van der Waals surface area contributed by atoms with Gasteiger partial charge in [0.1, 0.15) is 5.82 Å². The van der Waals surface area contributed by atoms with Gasteiger partial charge < -0.3 is 5.73 Å². The first kappa shape index (κ1) is 11.4. The summed E-state index contributed by atoms with van der Waals surface area (Å²) in [5.41, 5.74) is 6.13. The number of rotatable bonds is 3. The molecule has 0 atom stereocenters. The summed E-state index contributed by atoms with van der Waals surface area (Å²) in [5.74, 6) is -0.453. The third-order valence-electron chi connectivity index (χ3n) is 2.68. The average molecular weight is 235 g/mol. The van der Waals surface area contributed by atoms with E-state index in [1.165, 1.54) is 16.7 Å². The Morgan fingerprint density at radius 3 is 2.59 bits per heavy atom. The van der Waals surface area contributed by atoms with Gasteiger partial charge in [-0.15, -0.1) is 0 Å². The van der Waals surface area contributed by atoms with Crippen LogP contribution in [0.25, 0.3) is 0 Å². The summed E-state index contributed by atoms with van der Waals surface area (Å²) in [5, 5.41) is 0. The fraction of sp³-hybridized carbons (Fsp3) is 0.250. The van der Waals surface area contributed by atoms with Crippen LogP contribution in [0.4, 0.5) is 10.1 Å². The van der Waals surface area contributed by atoms with Crippen molar-refractivity contribution in [1.82, 2.24) is 9.13 Å². The first-order valence-electron chi connectivity index (χ1n) is 5.41. The van der Waals surface area contributed by atoms with E-state index >= 15 is 0 Å². The Labute approximate surface area is 98.1 Å². The van der Waals surface area contributed by atoms with Crippen LogP contribution in [0.15, 0.2) is 35.4 Å². The number of hydrogen-bond acceptors (Lipinski definition) is 2. The van der Waals surface area contributed by atoms with Gasteiger partial charge in [0.25, 0.3) is 0 Å². The molecule has 0 fully saturated rings. The minimum absolute atomic E-state index is 0.0928. The van der Waals surface area contributed by atoms with Crippen molar-refractivity contribution in [3.63, 3.8) is 0 Å². The SMILES string of the molecule is CCn1ccn(Cc2ccc(N)c(F)c2)c1=O. The Hall–Kier alpha value is -2.04. The third-order valence-corrected chi connectivity index (χ3v) is 2.68. The molecule has 1 aromatic carbocycles. The first-order chi connectivity index (χ1) is 8.11. The standard InChI is InChI=1S/C12H14FN3O/c1-2-15-5-6-16(12(15)17)8-9-3-4-11(14)10(13)7-9/h3-7H,2,8,14H2,1H3. The molecular weight excluding hydrogens is 221 g/mol. The Morgan fingerprint density at radius 2 is 2.00 bits per heavy atom. The van der Waals surface area contributed by atoms with Gasteiger partial charge in [0.15, 0.2) is 0 Å². The van der Waals surface area contributed by atoms with E-state index in [0.29, 0.717) is 18.7 Å². The average Bonchev–Trinajstić information content (AvgIpc) is 2.65. The zero-order valence-corrected chi connectivity index (χ0v) is 9.56. The maximum Gasteiger partial charge on any atom is 0.328 e. The Morgan fingerprint density at radius 1 is 1.29 bits per heavy atom. The van der Waals surface area contributed by atoms with Gasteiger partial charge in [0.05, 0.1) is 12.2 Å². The monoisotopic (exact) mass is 235 g/mol. The molecule has 4 nitrogen and oxygen atoms in total. The van der Waals surface area contributed by atoms with E-state index in [0.717, 1.165) is 0 Å². The lowest BCUT2D eigenvalue weighted by atomic mass is 10.2. The fourth-order valence-corrected chi connectivity index (χ4v) is 1.68. The van der Waals surface area contributed by atoms with Crippen molar-refractivity contribution in [2.24, 2.45) is 0 Å². The van der Waals surface area contributed by atoms with Crippen molar-refractivity contribution in [1.29, 1.82) is 0 Å². The van der Waals surface area contributed by atoms with E-state index in [-0.39, 0.29) is 11.4 Å². The van der Waals surface area contributed by atoms with E-state index < -0.39 is 5.82 Å². The second kappa shape index (κ2) is 4.45. The van der Waals surface area contributed by atoms with Gasteiger partial charge in [0, 0.05) is 18.9 Å². The van der Waals surface area contributed by atoms with Crippen LogP contribution >= 0.6 is 0 Å². The fourth-order valence-electron chi connectivity index (χ4n) is 1.68. The Balaban J connectivity index is 2.28. The third kappa shape index (κ3) is 2.22. The number of hydrogen-bond donors (Lipinski definition) is 1. The summed E-state index contributed by atoms with van der Waals surface area (Å²) in [6.07, 6.45) is 3.41. The van der Waals surface area contributed by atoms with Crippen molar-refractivity contribution in [2.45, 2.75) is 20.0 Å². The number of aromatic nitrogens is 2. The lowest BCUT2D eigenvalue weighted by Gasteiger charge is -2.03. The smallest absolute Gasteiger partial charge is 0.328 e. The molecule has 2 aromatic rings. The van der Waals surface area contributed by atoms with Crippen LogP contribution in [0.3, 0.4) is 0 Å². The van der Waals surface area contributed by atoms with Crippen LogP contribution in [0.2, 0.25) is 0 Å². The second-order valence-electron chi connectivity index (χ2n) is 3.85. The molecule has 0 bridgehead atoms. The number of nitrogens with two attached hydrogens (primary N) is 1. The lowest BCUT2D eigenvalue weighted by molar-refractivity contribution is 0.625. The highest BCUT2D eigenvalue weighted by Gasteiger charge is 2.04. The highest BCUT2D eigenvalue weighted by molar-refractivity contribution is 5.41. The van der Waals surface area contributed by atoms with Gasteiger partial charge in [-0.25, -0.2) is 9.18 Å². The molecule has 0 unspecified atom stereocenters. The molecule has 2 rings (SSSR count). The molecule has 1 heterocycles. The molecule has 90 valence electrons. The molecule has 0 spiro atoms. The van der Waals surface area contributed by atoms with Crippen molar-refractivity contribution in [3.8, 4) is 0 Å². The number of nitrogens with zero attached hydrogens (tertiary/aromatic N) is 2. The zero-order valence-electron chi connectivity index (χ0n) is 9.56. The summed E-state index contributed by atoms with van der Waals surface area (Å²) in [7, 11) is 0. The van der Waals surface area contributed by atoms with Crippen LogP contribution in [-0.2, 0) is 13.1 Å². The van der Waals surface area contributed by atoms with E-state index in [9.17, 15) is 9.18 Å². The zero-order chi connectivity index (χ0) is 12.4. The number of benzene rings is 1. The van der Waals surface area contributed by atoms with Gasteiger partial charge >= 0.3 is 5.69 Å². The summed E-state index contributed by atoms with van der Waals surface area (Å²) in [6, 6.07) is 4.58. The van der Waals surface area contributed by atoms with Gasteiger partial charge in [-0.1, -0.05) is 6.07 Å². The summed E-state index contributed by atoms with van der Waals surface area (Å²) in [4.78, 5) is 11.8. The van der Waals surface area contributed by atoms with Crippen LogP contribution < -0.4 is 11.4 Å². The number of halogens is 1. The lowest BCUT2D eigenvalue weighted by Crippen LogP contribution is -2.23. The number of nitrogen functional groups attached to an aromatic ring is 1. The number of aryl methyl sites for hydroxylation is 1. The van der Waals surface area contributed by atoms with E-state index in [2.05, 4.69) is 0 Å². The van der Waals surface area contributed by atoms with Gasteiger partial charge in [-0.2, -0.15) is 0 Å². The first-order valence-corrected chi connectivity index (χ1v) is 5.41. The largest absolute Gasteiger partial charge is 0.396 e. The summed E-state index contributed by atoms with van der Waals surface area (Å²) >= 11 is 0. The van der Waals surface area contributed by atoms with Crippen molar-refractivity contribution >= 4 is 5.69 Å². The molecule has 0 amide bonds. The maximum absolute atomic E-state index is 13.2. The van der Waals surface area contributed by atoms with Gasteiger partial charge in [-0.3, -0.25) is 9.13 Å². The molecule has 17 heavy (non-hydrogen) atoms. The van der Waals surface area contributed by atoms with Crippen molar-refractivity contribution < 1.29 is 4.39 Å². The normalized spacial score (nSPS) is 10.7. The summed E-state index contributed by atoms with van der Waals surface area (Å²) in [6.45, 7) is 2.87. The van der Waals surface area contributed by atoms with Crippen molar-refractivity contribution in [2.75, 3.05) is 5.73 Å². The number of anilines is 1. The van der Waals surface area contributed by atoms with Crippen molar-refractivity contribution in [3.05, 3.63) is 52.5 Å². The maximum atomic E-state index is 13.2. The molecule has 0 saturated heterocycles. The topological polar surface area (TPSA) is 52.9 Å². The van der Waals surface area contributed by atoms with E-state index in [1.54, 1.807) is 23.0 Å².